The smallest absolute Gasteiger partial charge is 0.269 e. The van der Waals surface area contributed by atoms with Gasteiger partial charge < -0.3 is 10.2 Å². The number of amides is 1. The fourth-order valence-corrected chi connectivity index (χ4v) is 3.01. The third-order valence-electron chi connectivity index (χ3n) is 4.45. The second kappa shape index (κ2) is 7.79. The van der Waals surface area contributed by atoms with E-state index in [0.29, 0.717) is 12.1 Å². The number of nitro benzene ring substituents is 1. The average molecular weight is 339 g/mol. The highest BCUT2D eigenvalue weighted by atomic mass is 16.6. The van der Waals surface area contributed by atoms with Crippen molar-refractivity contribution in [1.82, 2.24) is 5.32 Å². The van der Waals surface area contributed by atoms with Crippen LogP contribution in [0.25, 0.3) is 0 Å². The van der Waals surface area contributed by atoms with Crippen LogP contribution in [0.3, 0.4) is 0 Å². The molecule has 6 nitrogen and oxygen atoms in total. The Morgan fingerprint density at radius 2 is 1.68 bits per heavy atom. The number of nitrogens with one attached hydrogen (secondary N) is 1. The van der Waals surface area contributed by atoms with E-state index in [0.717, 1.165) is 19.5 Å². The Bertz CT molecular complexity index is 736. The van der Waals surface area contributed by atoms with Crippen LogP contribution in [0.1, 0.15) is 28.8 Å². The summed E-state index contributed by atoms with van der Waals surface area (Å²) >= 11 is 0. The Labute approximate surface area is 146 Å². The Hall–Kier alpha value is -2.89. The maximum atomic E-state index is 12.1. The van der Waals surface area contributed by atoms with Crippen LogP contribution < -0.4 is 10.2 Å². The van der Waals surface area contributed by atoms with Crippen LogP contribution in [0.15, 0.2) is 48.5 Å². The molecule has 0 spiro atoms. The van der Waals surface area contributed by atoms with E-state index in [-0.39, 0.29) is 11.6 Å². The standard InChI is InChI=1S/C19H21N3O3/c23-19(16-5-9-18(10-6-16)22(24)25)20-12-11-15-3-7-17(8-4-15)21-13-1-2-14-21/h3-10H,1-2,11-14H2,(H,20,23). The highest BCUT2D eigenvalue weighted by molar-refractivity contribution is 5.94. The molecule has 0 radical (unpaired) electrons. The van der Waals surface area contributed by atoms with Crippen LogP contribution in [0, 0.1) is 10.1 Å². The Kier molecular flexibility index (Phi) is 5.28. The summed E-state index contributed by atoms with van der Waals surface area (Å²) in [6.07, 6.45) is 3.27. The predicted molar refractivity (Wildman–Crippen MR) is 97.0 cm³/mol. The van der Waals surface area contributed by atoms with Crippen LogP contribution >= 0.6 is 0 Å². The molecule has 0 atom stereocenters. The molecule has 1 N–H and O–H groups in total. The van der Waals surface area contributed by atoms with Gasteiger partial charge in [-0.25, -0.2) is 0 Å². The van der Waals surface area contributed by atoms with Gasteiger partial charge in [-0.15, -0.1) is 0 Å². The van der Waals surface area contributed by atoms with Gasteiger partial charge in [0.05, 0.1) is 4.92 Å². The van der Waals surface area contributed by atoms with Crippen LogP contribution in [0.5, 0.6) is 0 Å². The van der Waals surface area contributed by atoms with Crippen molar-refractivity contribution in [2.45, 2.75) is 19.3 Å². The van der Waals surface area contributed by atoms with Crippen LogP contribution in [-0.2, 0) is 6.42 Å². The molecule has 1 amide bonds. The molecule has 25 heavy (non-hydrogen) atoms. The molecule has 0 unspecified atom stereocenters. The summed E-state index contributed by atoms with van der Waals surface area (Å²) in [6, 6.07) is 14.1. The molecule has 1 aliphatic rings. The van der Waals surface area contributed by atoms with Crippen molar-refractivity contribution in [3.8, 4) is 0 Å². The molecule has 1 fully saturated rings. The van der Waals surface area contributed by atoms with Gasteiger partial charge in [0.1, 0.15) is 0 Å². The lowest BCUT2D eigenvalue weighted by atomic mass is 10.1. The van der Waals surface area contributed by atoms with Gasteiger partial charge in [-0.05, 0) is 49.1 Å². The molecule has 0 aliphatic carbocycles. The van der Waals surface area contributed by atoms with Crippen molar-refractivity contribution in [2.24, 2.45) is 0 Å². The normalized spacial score (nSPS) is 13.7. The summed E-state index contributed by atoms with van der Waals surface area (Å²) in [7, 11) is 0. The molecule has 0 aromatic heterocycles. The highest BCUT2D eigenvalue weighted by Gasteiger charge is 2.12. The quantitative estimate of drug-likeness (QED) is 0.648. The number of non-ortho nitro benzene ring substituents is 1. The van der Waals surface area contributed by atoms with Gasteiger partial charge in [0.2, 0.25) is 0 Å². The average Bonchev–Trinajstić information content (AvgIpc) is 3.17. The maximum absolute atomic E-state index is 12.1. The molecule has 6 heteroatoms. The SMILES string of the molecule is O=C(NCCc1ccc(N2CCCC2)cc1)c1ccc([N+](=O)[O-])cc1. The minimum atomic E-state index is -0.479. The van der Waals surface area contributed by atoms with Crippen molar-refractivity contribution in [1.29, 1.82) is 0 Å². The molecular formula is C19H21N3O3. The molecule has 130 valence electrons. The number of carbonyl (C=O) groups is 1. The number of carbonyl (C=O) groups excluding carboxylic acids is 1. The van der Waals surface area contributed by atoms with Gasteiger partial charge in [0, 0.05) is 43.0 Å². The van der Waals surface area contributed by atoms with Crippen molar-refractivity contribution in [3.05, 3.63) is 69.8 Å². The fraction of sp³-hybridized carbons (Fsp3) is 0.316. The maximum Gasteiger partial charge on any atom is 0.269 e. The Morgan fingerprint density at radius 1 is 1.04 bits per heavy atom. The first-order chi connectivity index (χ1) is 12.1. The molecule has 2 aromatic rings. The van der Waals surface area contributed by atoms with Gasteiger partial charge >= 0.3 is 0 Å². The molecule has 3 rings (SSSR count). The predicted octanol–water partition coefficient (Wildman–Crippen LogP) is 3.17. The first-order valence-electron chi connectivity index (χ1n) is 8.50. The monoisotopic (exact) mass is 339 g/mol. The van der Waals surface area contributed by atoms with Crippen LogP contribution in [0.4, 0.5) is 11.4 Å². The lowest BCUT2D eigenvalue weighted by Gasteiger charge is -2.17. The summed E-state index contributed by atoms with van der Waals surface area (Å²) < 4.78 is 0. The van der Waals surface area contributed by atoms with Crippen molar-refractivity contribution in [2.75, 3.05) is 24.5 Å². The van der Waals surface area contributed by atoms with E-state index in [4.69, 9.17) is 0 Å². The summed E-state index contributed by atoms with van der Waals surface area (Å²) in [5, 5.41) is 13.5. The van der Waals surface area contributed by atoms with E-state index < -0.39 is 4.92 Å². The number of anilines is 1. The van der Waals surface area contributed by atoms with E-state index in [2.05, 4.69) is 34.5 Å². The topological polar surface area (TPSA) is 75.5 Å². The number of benzene rings is 2. The number of rotatable bonds is 6. The van der Waals surface area contributed by atoms with Gasteiger partial charge in [-0.3, -0.25) is 14.9 Å². The second-order valence-corrected chi connectivity index (χ2v) is 6.17. The van der Waals surface area contributed by atoms with Crippen molar-refractivity contribution in [3.63, 3.8) is 0 Å². The summed E-state index contributed by atoms with van der Waals surface area (Å²) in [4.78, 5) is 24.6. The molecule has 2 aromatic carbocycles. The Morgan fingerprint density at radius 3 is 2.28 bits per heavy atom. The number of hydrogen-bond donors (Lipinski definition) is 1. The number of nitrogens with zero attached hydrogens (tertiary/aromatic N) is 2. The third kappa shape index (κ3) is 4.35. The summed E-state index contributed by atoms with van der Waals surface area (Å²) in [5.41, 5.74) is 2.84. The van der Waals surface area contributed by atoms with Crippen molar-refractivity contribution < 1.29 is 9.72 Å². The van der Waals surface area contributed by atoms with Gasteiger partial charge in [-0.2, -0.15) is 0 Å². The fourth-order valence-electron chi connectivity index (χ4n) is 3.01. The highest BCUT2D eigenvalue weighted by Crippen LogP contribution is 2.20. The summed E-state index contributed by atoms with van der Waals surface area (Å²) in [6.45, 7) is 2.79. The molecule has 0 saturated carbocycles. The molecule has 0 bridgehead atoms. The minimum Gasteiger partial charge on any atom is -0.372 e. The zero-order valence-electron chi connectivity index (χ0n) is 14.0. The van der Waals surface area contributed by atoms with Crippen molar-refractivity contribution >= 4 is 17.3 Å². The van der Waals surface area contributed by atoms with Gasteiger partial charge in [-0.1, -0.05) is 12.1 Å². The molecule has 1 heterocycles. The van der Waals surface area contributed by atoms with E-state index in [9.17, 15) is 14.9 Å². The molecule has 1 aliphatic heterocycles. The molecular weight excluding hydrogens is 318 g/mol. The number of hydrogen-bond acceptors (Lipinski definition) is 4. The Balaban J connectivity index is 1.48. The van der Waals surface area contributed by atoms with E-state index in [1.165, 1.54) is 48.4 Å². The summed E-state index contributed by atoms with van der Waals surface area (Å²) in [5.74, 6) is -0.219. The largest absolute Gasteiger partial charge is 0.372 e. The third-order valence-corrected chi connectivity index (χ3v) is 4.45. The lowest BCUT2D eigenvalue weighted by Crippen LogP contribution is -2.25. The van der Waals surface area contributed by atoms with Crippen LogP contribution in [0.2, 0.25) is 0 Å². The zero-order chi connectivity index (χ0) is 17.6. The minimum absolute atomic E-state index is 0.0188. The molecule has 1 saturated heterocycles. The first kappa shape index (κ1) is 17.0. The van der Waals surface area contributed by atoms with E-state index in [1.807, 2.05) is 0 Å². The van der Waals surface area contributed by atoms with E-state index >= 15 is 0 Å². The lowest BCUT2D eigenvalue weighted by molar-refractivity contribution is -0.384. The second-order valence-electron chi connectivity index (χ2n) is 6.17. The first-order valence-corrected chi connectivity index (χ1v) is 8.50. The van der Waals surface area contributed by atoms with Crippen LogP contribution in [-0.4, -0.2) is 30.5 Å². The van der Waals surface area contributed by atoms with E-state index in [1.54, 1.807) is 0 Å². The van der Waals surface area contributed by atoms with Gasteiger partial charge in [0.25, 0.3) is 11.6 Å². The zero-order valence-corrected chi connectivity index (χ0v) is 14.0. The van der Waals surface area contributed by atoms with Gasteiger partial charge in [0.15, 0.2) is 0 Å². The number of nitro groups is 1.